The fraction of sp³-hybridized carbons (Fsp3) is 0.350. The highest BCUT2D eigenvalue weighted by molar-refractivity contribution is 7.92. The Labute approximate surface area is 166 Å². The third kappa shape index (κ3) is 5.63. The van der Waals surface area contributed by atoms with Crippen LogP contribution in [0.2, 0.25) is 0 Å². The zero-order valence-corrected chi connectivity index (χ0v) is 17.3. The number of carbonyl (C=O) groups excluding carboxylic acids is 1. The summed E-state index contributed by atoms with van der Waals surface area (Å²) in [6, 6.07) is 12.5. The molecule has 28 heavy (non-hydrogen) atoms. The van der Waals surface area contributed by atoms with Crippen molar-refractivity contribution in [1.82, 2.24) is 0 Å². The minimum Gasteiger partial charge on any atom is -0.494 e. The van der Waals surface area contributed by atoms with Gasteiger partial charge in [0.2, 0.25) is 15.9 Å². The molecule has 0 aliphatic heterocycles. The van der Waals surface area contributed by atoms with E-state index in [2.05, 4.69) is 5.32 Å². The average molecular weight is 407 g/mol. The van der Waals surface area contributed by atoms with Crippen molar-refractivity contribution in [1.29, 1.82) is 0 Å². The van der Waals surface area contributed by atoms with Crippen LogP contribution in [0.4, 0.5) is 11.4 Å². The molecule has 1 atom stereocenters. The van der Waals surface area contributed by atoms with E-state index >= 15 is 0 Å². The van der Waals surface area contributed by atoms with Gasteiger partial charge in [-0.1, -0.05) is 0 Å². The van der Waals surface area contributed by atoms with Crippen molar-refractivity contribution < 1.29 is 22.7 Å². The number of ether oxygens (including phenoxy) is 2. The summed E-state index contributed by atoms with van der Waals surface area (Å²) in [5, 5.41) is 2.74. The third-order valence-corrected chi connectivity index (χ3v) is 5.17. The van der Waals surface area contributed by atoms with E-state index in [-0.39, 0.29) is 0 Å². The lowest BCUT2D eigenvalue weighted by atomic mass is 10.2. The molecule has 0 fully saturated rings. The van der Waals surface area contributed by atoms with Gasteiger partial charge < -0.3 is 14.8 Å². The summed E-state index contributed by atoms with van der Waals surface area (Å²) < 4.78 is 36.6. The second kappa shape index (κ2) is 9.45. The molecule has 1 N–H and O–H groups in total. The molecule has 0 bridgehead atoms. The number of carbonyl (C=O) groups is 1. The summed E-state index contributed by atoms with van der Waals surface area (Å²) in [4.78, 5) is 12.7. The van der Waals surface area contributed by atoms with Crippen molar-refractivity contribution in [2.75, 3.05) is 29.1 Å². The van der Waals surface area contributed by atoms with E-state index in [1.165, 1.54) is 0 Å². The van der Waals surface area contributed by atoms with E-state index in [0.29, 0.717) is 36.1 Å². The number of rotatable bonds is 9. The predicted octanol–water partition coefficient (Wildman–Crippen LogP) is 3.28. The summed E-state index contributed by atoms with van der Waals surface area (Å²) in [7, 11) is -3.68. The lowest BCUT2D eigenvalue weighted by molar-refractivity contribution is -0.116. The Hall–Kier alpha value is -2.74. The van der Waals surface area contributed by atoms with Gasteiger partial charge in [-0.2, -0.15) is 0 Å². The minimum absolute atomic E-state index is 0.389. The van der Waals surface area contributed by atoms with Crippen LogP contribution in [-0.2, 0) is 14.8 Å². The maximum absolute atomic E-state index is 12.7. The Morgan fingerprint density at radius 1 is 0.964 bits per heavy atom. The fourth-order valence-electron chi connectivity index (χ4n) is 2.71. The van der Waals surface area contributed by atoms with Crippen LogP contribution in [0, 0.1) is 0 Å². The first-order valence-corrected chi connectivity index (χ1v) is 10.9. The molecule has 152 valence electrons. The maximum Gasteiger partial charge on any atom is 0.247 e. The summed E-state index contributed by atoms with van der Waals surface area (Å²) in [6.45, 7) is 6.35. The van der Waals surface area contributed by atoms with E-state index < -0.39 is 22.0 Å². The molecule has 8 heteroatoms. The molecule has 0 aliphatic rings. The van der Waals surface area contributed by atoms with Crippen LogP contribution in [0.1, 0.15) is 20.8 Å². The maximum atomic E-state index is 12.7. The van der Waals surface area contributed by atoms with Gasteiger partial charge >= 0.3 is 0 Å². The zero-order chi connectivity index (χ0) is 20.7. The molecular formula is C20H26N2O5S. The van der Waals surface area contributed by atoms with Gasteiger partial charge in [-0.25, -0.2) is 8.42 Å². The van der Waals surface area contributed by atoms with Gasteiger partial charge in [-0.05, 0) is 69.3 Å². The monoisotopic (exact) mass is 406 g/mol. The van der Waals surface area contributed by atoms with E-state index in [9.17, 15) is 13.2 Å². The molecule has 2 rings (SSSR count). The molecule has 0 aromatic heterocycles. The van der Waals surface area contributed by atoms with Crippen LogP contribution in [0.15, 0.2) is 48.5 Å². The molecule has 0 radical (unpaired) electrons. The second-order valence-electron chi connectivity index (χ2n) is 6.11. The predicted molar refractivity (Wildman–Crippen MR) is 111 cm³/mol. The van der Waals surface area contributed by atoms with Crippen molar-refractivity contribution in [3.8, 4) is 11.5 Å². The molecule has 1 amide bonds. The van der Waals surface area contributed by atoms with Crippen LogP contribution < -0.4 is 19.1 Å². The molecule has 0 saturated carbocycles. The van der Waals surface area contributed by atoms with E-state index in [1.54, 1.807) is 55.5 Å². The van der Waals surface area contributed by atoms with Crippen molar-refractivity contribution >= 4 is 27.3 Å². The Bertz CT molecular complexity index is 880. The van der Waals surface area contributed by atoms with Crippen molar-refractivity contribution in [2.45, 2.75) is 26.8 Å². The van der Waals surface area contributed by atoms with Crippen molar-refractivity contribution in [3.05, 3.63) is 48.5 Å². The number of nitrogens with zero attached hydrogens (tertiary/aromatic N) is 1. The van der Waals surface area contributed by atoms with Gasteiger partial charge in [0, 0.05) is 5.69 Å². The molecular weight excluding hydrogens is 380 g/mol. The summed E-state index contributed by atoms with van der Waals surface area (Å²) in [5.41, 5.74) is 0.945. The number of nitrogens with one attached hydrogen (secondary N) is 1. The molecule has 2 aromatic carbocycles. The van der Waals surface area contributed by atoms with Crippen LogP contribution >= 0.6 is 0 Å². The van der Waals surface area contributed by atoms with Crippen LogP contribution in [0.5, 0.6) is 11.5 Å². The molecule has 0 aliphatic carbocycles. The van der Waals surface area contributed by atoms with Gasteiger partial charge in [0.05, 0.1) is 25.2 Å². The number of sulfonamides is 1. The van der Waals surface area contributed by atoms with Crippen molar-refractivity contribution in [3.63, 3.8) is 0 Å². The van der Waals surface area contributed by atoms with E-state index in [4.69, 9.17) is 9.47 Å². The molecule has 0 saturated heterocycles. The molecule has 0 heterocycles. The van der Waals surface area contributed by atoms with Gasteiger partial charge in [-0.15, -0.1) is 0 Å². The zero-order valence-electron chi connectivity index (χ0n) is 16.5. The highest BCUT2D eigenvalue weighted by Crippen LogP contribution is 2.25. The van der Waals surface area contributed by atoms with Crippen molar-refractivity contribution in [2.24, 2.45) is 0 Å². The Morgan fingerprint density at radius 2 is 1.43 bits per heavy atom. The lowest BCUT2D eigenvalue weighted by Gasteiger charge is -2.28. The second-order valence-corrected chi connectivity index (χ2v) is 7.97. The van der Waals surface area contributed by atoms with E-state index in [1.807, 2.05) is 13.8 Å². The summed E-state index contributed by atoms with van der Waals surface area (Å²) in [5.74, 6) is 0.885. The fourth-order valence-corrected chi connectivity index (χ4v) is 3.89. The summed E-state index contributed by atoms with van der Waals surface area (Å²) >= 11 is 0. The molecule has 2 aromatic rings. The number of amides is 1. The van der Waals surface area contributed by atoms with E-state index in [0.717, 1.165) is 10.6 Å². The third-order valence-electron chi connectivity index (χ3n) is 3.92. The standard InChI is InChI=1S/C20H26N2O5S/c1-5-26-18-11-7-16(8-12-18)21-20(23)15(3)22(28(4,24)25)17-9-13-19(14-10-17)27-6-2/h7-15H,5-6H2,1-4H3,(H,21,23). The van der Waals surface area contributed by atoms with Gasteiger partial charge in [0.1, 0.15) is 17.5 Å². The molecule has 0 spiro atoms. The highest BCUT2D eigenvalue weighted by atomic mass is 32.2. The quantitative estimate of drug-likeness (QED) is 0.691. The van der Waals surface area contributed by atoms with Crippen LogP contribution in [0.25, 0.3) is 0 Å². The number of benzene rings is 2. The molecule has 7 nitrogen and oxygen atoms in total. The number of anilines is 2. The number of hydrogen-bond acceptors (Lipinski definition) is 5. The number of hydrogen-bond donors (Lipinski definition) is 1. The Balaban J connectivity index is 2.20. The Morgan fingerprint density at radius 3 is 1.86 bits per heavy atom. The summed E-state index contributed by atoms with van der Waals surface area (Å²) in [6.07, 6.45) is 1.07. The average Bonchev–Trinajstić information content (AvgIpc) is 2.64. The topological polar surface area (TPSA) is 84.9 Å². The van der Waals surface area contributed by atoms with Gasteiger partial charge in [-0.3, -0.25) is 9.10 Å². The van der Waals surface area contributed by atoms with Gasteiger partial charge in [0.25, 0.3) is 0 Å². The first-order valence-electron chi connectivity index (χ1n) is 9.02. The largest absolute Gasteiger partial charge is 0.494 e. The first-order chi connectivity index (χ1) is 13.3. The van der Waals surface area contributed by atoms with Crippen LogP contribution in [-0.4, -0.2) is 39.8 Å². The lowest BCUT2D eigenvalue weighted by Crippen LogP contribution is -2.45. The molecule has 1 unspecified atom stereocenters. The van der Waals surface area contributed by atoms with Gasteiger partial charge in [0.15, 0.2) is 0 Å². The SMILES string of the molecule is CCOc1ccc(NC(=O)C(C)N(c2ccc(OCC)cc2)S(C)(=O)=O)cc1. The first kappa shape index (κ1) is 21.6. The smallest absolute Gasteiger partial charge is 0.247 e. The van der Waals surface area contributed by atoms with Crippen LogP contribution in [0.3, 0.4) is 0 Å². The highest BCUT2D eigenvalue weighted by Gasteiger charge is 2.29. The Kier molecular flexibility index (Phi) is 7.28. The normalized spacial score (nSPS) is 12.1. The minimum atomic E-state index is -3.68.